The number of carbonyl (C=O) groups is 2. The minimum atomic E-state index is -1.13. The molecule has 1 aromatic heterocycles. The largest absolute Gasteiger partial charge is 0.480 e. The minimum absolute atomic E-state index is 0.255. The van der Waals surface area contributed by atoms with Gasteiger partial charge in [-0.1, -0.05) is 13.3 Å². The zero-order valence-corrected chi connectivity index (χ0v) is 9.31. The van der Waals surface area contributed by atoms with Gasteiger partial charge in [-0.3, -0.25) is 4.79 Å². The molecule has 0 aliphatic carbocycles. The number of amides is 1. The van der Waals surface area contributed by atoms with E-state index in [2.05, 4.69) is 10.3 Å². The first-order valence-corrected chi connectivity index (χ1v) is 5.20. The van der Waals surface area contributed by atoms with Crippen LogP contribution in [0.15, 0.2) is 18.3 Å². The number of pyridine rings is 1. The number of aromatic nitrogens is 1. The molecule has 0 aliphatic heterocycles. The van der Waals surface area contributed by atoms with E-state index in [0.717, 1.165) is 0 Å². The molecule has 0 fully saturated rings. The minimum Gasteiger partial charge on any atom is -0.480 e. The Bertz CT molecular complexity index is 423. The van der Waals surface area contributed by atoms with Crippen molar-refractivity contribution in [3.8, 4) is 0 Å². The highest BCUT2D eigenvalue weighted by atomic mass is 19.1. The molecule has 1 rings (SSSR count). The van der Waals surface area contributed by atoms with E-state index in [-0.39, 0.29) is 5.56 Å². The molecular weight excluding hydrogens is 227 g/mol. The smallest absolute Gasteiger partial charge is 0.326 e. The van der Waals surface area contributed by atoms with Crippen molar-refractivity contribution in [2.45, 2.75) is 25.8 Å². The van der Waals surface area contributed by atoms with Gasteiger partial charge in [0.2, 0.25) is 5.95 Å². The molecule has 0 aliphatic rings. The Morgan fingerprint density at radius 2 is 2.29 bits per heavy atom. The number of hydrogen-bond donors (Lipinski definition) is 2. The molecule has 92 valence electrons. The van der Waals surface area contributed by atoms with E-state index in [1.54, 1.807) is 6.92 Å². The van der Waals surface area contributed by atoms with Crippen molar-refractivity contribution in [2.75, 3.05) is 0 Å². The molecule has 0 unspecified atom stereocenters. The van der Waals surface area contributed by atoms with Gasteiger partial charge in [-0.2, -0.15) is 4.39 Å². The first-order chi connectivity index (χ1) is 8.06. The molecule has 2 N–H and O–H groups in total. The quantitative estimate of drug-likeness (QED) is 0.758. The van der Waals surface area contributed by atoms with Gasteiger partial charge in [-0.25, -0.2) is 9.78 Å². The van der Waals surface area contributed by atoms with Gasteiger partial charge in [0.1, 0.15) is 6.04 Å². The summed E-state index contributed by atoms with van der Waals surface area (Å²) in [5.41, 5.74) is -0.255. The fourth-order valence-electron chi connectivity index (χ4n) is 1.34. The summed E-state index contributed by atoms with van der Waals surface area (Å²) in [6.45, 7) is 1.80. The van der Waals surface area contributed by atoms with Gasteiger partial charge in [-0.15, -0.1) is 0 Å². The molecule has 6 heteroatoms. The van der Waals surface area contributed by atoms with Gasteiger partial charge in [0.25, 0.3) is 5.91 Å². The third-order valence-electron chi connectivity index (χ3n) is 2.18. The Morgan fingerprint density at radius 1 is 1.59 bits per heavy atom. The van der Waals surface area contributed by atoms with Crippen LogP contribution in [0.5, 0.6) is 0 Å². The average molecular weight is 240 g/mol. The number of halogens is 1. The Hall–Kier alpha value is -1.98. The predicted octanol–water partition coefficient (Wildman–Crippen LogP) is 1.20. The highest BCUT2D eigenvalue weighted by Crippen LogP contribution is 2.05. The number of carboxylic acid groups (broad SMARTS) is 1. The fraction of sp³-hybridized carbons (Fsp3) is 0.364. The highest BCUT2D eigenvalue weighted by molar-refractivity contribution is 5.96. The summed E-state index contributed by atoms with van der Waals surface area (Å²) < 4.78 is 13.2. The fourth-order valence-corrected chi connectivity index (χ4v) is 1.34. The molecule has 1 amide bonds. The lowest BCUT2D eigenvalue weighted by atomic mass is 10.1. The summed E-state index contributed by atoms with van der Waals surface area (Å²) in [5.74, 6) is -2.81. The summed E-state index contributed by atoms with van der Waals surface area (Å²) in [7, 11) is 0. The molecule has 0 saturated carbocycles. The number of aliphatic carboxylic acids is 1. The van der Waals surface area contributed by atoms with Crippen LogP contribution in [0.1, 0.15) is 30.1 Å². The van der Waals surface area contributed by atoms with E-state index >= 15 is 0 Å². The third kappa shape index (κ3) is 3.51. The lowest BCUT2D eigenvalue weighted by molar-refractivity contribution is -0.139. The molecule has 1 aromatic rings. The van der Waals surface area contributed by atoms with E-state index in [9.17, 15) is 14.0 Å². The molecular formula is C11H13FN2O3. The summed E-state index contributed by atoms with van der Waals surface area (Å²) in [4.78, 5) is 25.7. The van der Waals surface area contributed by atoms with Crippen molar-refractivity contribution in [3.05, 3.63) is 29.8 Å². The van der Waals surface area contributed by atoms with Crippen LogP contribution in [0.4, 0.5) is 4.39 Å². The second-order valence-electron chi connectivity index (χ2n) is 3.49. The number of rotatable bonds is 5. The summed E-state index contributed by atoms with van der Waals surface area (Å²) in [5, 5.41) is 11.1. The lowest BCUT2D eigenvalue weighted by Crippen LogP contribution is -2.41. The van der Waals surface area contributed by atoms with Crippen LogP contribution in [0, 0.1) is 5.95 Å². The molecule has 0 aromatic carbocycles. The molecule has 5 nitrogen and oxygen atoms in total. The third-order valence-corrected chi connectivity index (χ3v) is 2.18. The Kier molecular flexibility index (Phi) is 4.56. The van der Waals surface area contributed by atoms with Crippen molar-refractivity contribution in [1.82, 2.24) is 10.3 Å². The van der Waals surface area contributed by atoms with Crippen LogP contribution in [0.25, 0.3) is 0 Å². The number of nitrogens with zero attached hydrogens (tertiary/aromatic N) is 1. The Morgan fingerprint density at radius 3 is 2.82 bits per heavy atom. The van der Waals surface area contributed by atoms with Gasteiger partial charge < -0.3 is 10.4 Å². The number of nitrogens with one attached hydrogen (secondary N) is 1. The lowest BCUT2D eigenvalue weighted by Gasteiger charge is -2.13. The Balaban J connectivity index is 2.77. The van der Waals surface area contributed by atoms with E-state index in [4.69, 9.17) is 5.11 Å². The van der Waals surface area contributed by atoms with Crippen LogP contribution >= 0.6 is 0 Å². The summed E-state index contributed by atoms with van der Waals surface area (Å²) >= 11 is 0. The van der Waals surface area contributed by atoms with Gasteiger partial charge in [-0.05, 0) is 18.6 Å². The van der Waals surface area contributed by atoms with E-state index in [1.165, 1.54) is 18.3 Å². The van der Waals surface area contributed by atoms with Crippen molar-refractivity contribution in [1.29, 1.82) is 0 Å². The molecule has 1 atom stereocenters. The molecule has 0 spiro atoms. The van der Waals surface area contributed by atoms with Crippen LogP contribution in [0.3, 0.4) is 0 Å². The maximum atomic E-state index is 13.2. The zero-order chi connectivity index (χ0) is 12.8. The zero-order valence-electron chi connectivity index (χ0n) is 9.31. The van der Waals surface area contributed by atoms with E-state index < -0.39 is 23.9 Å². The highest BCUT2D eigenvalue weighted by Gasteiger charge is 2.21. The number of carboxylic acids is 1. The molecule has 0 saturated heterocycles. The maximum Gasteiger partial charge on any atom is 0.326 e. The first-order valence-electron chi connectivity index (χ1n) is 5.20. The normalized spacial score (nSPS) is 11.9. The molecule has 1 heterocycles. The molecule has 0 bridgehead atoms. The van der Waals surface area contributed by atoms with Crippen molar-refractivity contribution in [3.63, 3.8) is 0 Å². The summed E-state index contributed by atoms with van der Waals surface area (Å²) in [6, 6.07) is 1.66. The second-order valence-corrected chi connectivity index (χ2v) is 3.49. The first kappa shape index (κ1) is 13.1. The van der Waals surface area contributed by atoms with E-state index in [1.807, 2.05) is 0 Å². The van der Waals surface area contributed by atoms with Crippen molar-refractivity contribution in [2.24, 2.45) is 0 Å². The molecule has 17 heavy (non-hydrogen) atoms. The van der Waals surface area contributed by atoms with Crippen LogP contribution in [0.2, 0.25) is 0 Å². The van der Waals surface area contributed by atoms with Gasteiger partial charge in [0, 0.05) is 6.20 Å². The predicted molar refractivity (Wildman–Crippen MR) is 58.0 cm³/mol. The standard InChI is InChI=1S/C11H13FN2O3/c1-2-4-8(11(16)17)14-10(15)7-5-3-6-13-9(7)12/h3,5-6,8H,2,4H2,1H3,(H,14,15)(H,16,17)/t8-/m0/s1. The van der Waals surface area contributed by atoms with Gasteiger partial charge in [0.15, 0.2) is 0 Å². The molecule has 0 radical (unpaired) electrons. The monoisotopic (exact) mass is 240 g/mol. The van der Waals surface area contributed by atoms with E-state index in [0.29, 0.717) is 12.8 Å². The number of carbonyl (C=O) groups excluding carboxylic acids is 1. The maximum absolute atomic E-state index is 13.2. The van der Waals surface area contributed by atoms with Crippen LogP contribution < -0.4 is 5.32 Å². The van der Waals surface area contributed by atoms with Crippen LogP contribution in [-0.2, 0) is 4.79 Å². The van der Waals surface area contributed by atoms with Gasteiger partial charge in [0.05, 0.1) is 5.56 Å². The van der Waals surface area contributed by atoms with Crippen molar-refractivity contribution >= 4 is 11.9 Å². The number of hydrogen-bond acceptors (Lipinski definition) is 3. The second kappa shape index (κ2) is 5.93. The van der Waals surface area contributed by atoms with Crippen molar-refractivity contribution < 1.29 is 19.1 Å². The average Bonchev–Trinajstić information content (AvgIpc) is 2.28. The topological polar surface area (TPSA) is 79.3 Å². The summed E-state index contributed by atoms with van der Waals surface area (Å²) in [6.07, 6.45) is 2.11. The van der Waals surface area contributed by atoms with Gasteiger partial charge >= 0.3 is 5.97 Å². The Labute approximate surface area is 97.7 Å². The SMILES string of the molecule is CCC[C@H](NC(=O)c1cccnc1F)C(=O)O. The van der Waals surface area contributed by atoms with Crippen LogP contribution in [-0.4, -0.2) is 28.0 Å².